The van der Waals surface area contributed by atoms with Crippen molar-refractivity contribution in [3.05, 3.63) is 0 Å². The van der Waals surface area contributed by atoms with Crippen LogP contribution in [0.2, 0.25) is 0 Å². The summed E-state index contributed by atoms with van der Waals surface area (Å²) < 4.78 is 11.2. The molecule has 1 atom stereocenters. The molecule has 0 aromatic carbocycles. The van der Waals surface area contributed by atoms with Crippen LogP contribution >= 0.6 is 0 Å². The summed E-state index contributed by atoms with van der Waals surface area (Å²) in [5, 5.41) is 0. The average Bonchev–Trinajstić information content (AvgIpc) is 2.54. The van der Waals surface area contributed by atoms with Crippen molar-refractivity contribution in [1.82, 2.24) is 4.90 Å². The fourth-order valence-corrected chi connectivity index (χ4v) is 3.38. The Morgan fingerprint density at radius 1 is 1.04 bits per heavy atom. The number of esters is 2. The van der Waals surface area contributed by atoms with Crippen LogP contribution in [-0.4, -0.2) is 50.2 Å². The van der Waals surface area contributed by atoms with Crippen molar-refractivity contribution >= 4 is 11.9 Å². The molecule has 0 N–H and O–H groups in total. The molecule has 25 heavy (non-hydrogen) atoms. The minimum atomic E-state index is -0.720. The number of likely N-dealkylation sites (N-methyl/N-ethyl adjacent to an activating group) is 1. The van der Waals surface area contributed by atoms with Gasteiger partial charge in [-0.2, -0.15) is 0 Å². The van der Waals surface area contributed by atoms with Crippen molar-refractivity contribution in [2.75, 3.05) is 27.2 Å². The number of hydrogen-bond donors (Lipinski definition) is 0. The summed E-state index contributed by atoms with van der Waals surface area (Å²) in [5.74, 6) is -0.421. The van der Waals surface area contributed by atoms with Crippen LogP contribution < -0.4 is 0 Å². The number of carbonyl (C=O) groups excluding carboxylic acids is 2. The fourth-order valence-electron chi connectivity index (χ4n) is 3.38. The molecule has 0 amide bonds. The Morgan fingerprint density at radius 2 is 1.64 bits per heavy atom. The van der Waals surface area contributed by atoms with E-state index in [1.165, 1.54) is 6.42 Å². The van der Waals surface area contributed by atoms with Crippen molar-refractivity contribution in [2.24, 2.45) is 10.8 Å². The van der Waals surface area contributed by atoms with Gasteiger partial charge in [0, 0.05) is 6.54 Å². The van der Waals surface area contributed by atoms with Gasteiger partial charge < -0.3 is 14.4 Å². The predicted molar refractivity (Wildman–Crippen MR) is 99.3 cm³/mol. The second-order valence-corrected chi connectivity index (χ2v) is 8.58. The quantitative estimate of drug-likeness (QED) is 0.589. The smallest absolute Gasteiger partial charge is 0.312 e. The highest BCUT2D eigenvalue weighted by atomic mass is 16.5. The molecule has 1 unspecified atom stereocenters. The second-order valence-electron chi connectivity index (χ2n) is 8.58. The van der Waals surface area contributed by atoms with Gasteiger partial charge in [0.05, 0.1) is 10.8 Å². The summed E-state index contributed by atoms with van der Waals surface area (Å²) in [6, 6.07) is 0. The number of rotatable bonds is 9. The maximum Gasteiger partial charge on any atom is 0.312 e. The third kappa shape index (κ3) is 6.96. The molecule has 0 spiro atoms. The van der Waals surface area contributed by atoms with E-state index in [2.05, 4.69) is 0 Å². The molecule has 0 saturated heterocycles. The van der Waals surface area contributed by atoms with E-state index in [-0.39, 0.29) is 18.0 Å². The summed E-state index contributed by atoms with van der Waals surface area (Å²) in [6.45, 7) is 8.66. The SMILES string of the molecule is CCC(C)(CC(C)(C)C(=O)OCCN(C)C)C(=O)OC1CCCCC1. The molecule has 0 radical (unpaired) electrons. The summed E-state index contributed by atoms with van der Waals surface area (Å²) in [4.78, 5) is 27.2. The van der Waals surface area contributed by atoms with E-state index in [0.717, 1.165) is 25.7 Å². The van der Waals surface area contributed by atoms with Crippen LogP contribution in [0.5, 0.6) is 0 Å². The van der Waals surface area contributed by atoms with Gasteiger partial charge >= 0.3 is 11.9 Å². The molecule has 5 heteroatoms. The maximum atomic E-state index is 12.8. The standard InChI is InChI=1S/C20H37NO4/c1-7-20(4,18(23)25-16-11-9-8-10-12-16)15-19(2,3)17(22)24-14-13-21(5)6/h16H,7-15H2,1-6H3. The molecule has 0 bridgehead atoms. The third-order valence-corrected chi connectivity index (χ3v) is 5.26. The van der Waals surface area contributed by atoms with Crippen LogP contribution in [0.15, 0.2) is 0 Å². The van der Waals surface area contributed by atoms with E-state index >= 15 is 0 Å². The summed E-state index contributed by atoms with van der Waals surface area (Å²) >= 11 is 0. The minimum Gasteiger partial charge on any atom is -0.464 e. The van der Waals surface area contributed by atoms with Crippen LogP contribution in [0.4, 0.5) is 0 Å². The third-order valence-electron chi connectivity index (χ3n) is 5.26. The molecule has 1 fully saturated rings. The molecule has 1 aliphatic rings. The van der Waals surface area contributed by atoms with Gasteiger partial charge in [0.2, 0.25) is 0 Å². The van der Waals surface area contributed by atoms with Crippen LogP contribution in [0.25, 0.3) is 0 Å². The van der Waals surface area contributed by atoms with Crippen LogP contribution in [-0.2, 0) is 19.1 Å². The Kier molecular flexibility index (Phi) is 8.39. The largest absolute Gasteiger partial charge is 0.464 e. The summed E-state index contributed by atoms with van der Waals surface area (Å²) in [6.07, 6.45) is 6.53. The van der Waals surface area contributed by atoms with Gasteiger partial charge in [-0.05, 0) is 73.4 Å². The summed E-state index contributed by atoms with van der Waals surface area (Å²) in [5.41, 5.74) is -1.38. The zero-order valence-electron chi connectivity index (χ0n) is 17.0. The average molecular weight is 356 g/mol. The van der Waals surface area contributed by atoms with Gasteiger partial charge in [-0.15, -0.1) is 0 Å². The van der Waals surface area contributed by atoms with Gasteiger partial charge in [-0.1, -0.05) is 13.3 Å². The first-order valence-electron chi connectivity index (χ1n) is 9.64. The second kappa shape index (κ2) is 9.56. The number of carbonyl (C=O) groups is 2. The van der Waals surface area contributed by atoms with Crippen molar-refractivity contribution in [3.63, 3.8) is 0 Å². The van der Waals surface area contributed by atoms with Gasteiger partial charge in [0.25, 0.3) is 0 Å². The molecule has 5 nitrogen and oxygen atoms in total. The van der Waals surface area contributed by atoms with Crippen LogP contribution in [0, 0.1) is 10.8 Å². The lowest BCUT2D eigenvalue weighted by Crippen LogP contribution is -2.40. The Labute approximate surface area is 153 Å². The van der Waals surface area contributed by atoms with Crippen molar-refractivity contribution < 1.29 is 19.1 Å². The maximum absolute atomic E-state index is 12.8. The molecular formula is C20H37NO4. The highest BCUT2D eigenvalue weighted by Crippen LogP contribution is 2.39. The highest BCUT2D eigenvalue weighted by Gasteiger charge is 2.43. The highest BCUT2D eigenvalue weighted by molar-refractivity contribution is 5.80. The number of hydrogen-bond acceptors (Lipinski definition) is 5. The van der Waals surface area contributed by atoms with Crippen molar-refractivity contribution in [3.8, 4) is 0 Å². The first kappa shape index (κ1) is 21.9. The molecule has 0 aromatic heterocycles. The monoisotopic (exact) mass is 355 g/mol. The topological polar surface area (TPSA) is 55.8 Å². The first-order chi connectivity index (χ1) is 11.6. The molecule has 1 aliphatic carbocycles. The zero-order valence-corrected chi connectivity index (χ0v) is 17.0. The lowest BCUT2D eigenvalue weighted by Gasteiger charge is -2.35. The van der Waals surface area contributed by atoms with E-state index in [0.29, 0.717) is 26.0 Å². The minimum absolute atomic E-state index is 0.0438. The molecule has 0 heterocycles. The summed E-state index contributed by atoms with van der Waals surface area (Å²) in [7, 11) is 3.88. The van der Waals surface area contributed by atoms with Crippen LogP contribution in [0.3, 0.4) is 0 Å². The normalized spacial score (nSPS) is 18.7. The van der Waals surface area contributed by atoms with E-state index < -0.39 is 10.8 Å². The van der Waals surface area contributed by atoms with E-state index in [1.807, 2.05) is 46.7 Å². The zero-order chi connectivity index (χ0) is 19.1. The number of ether oxygens (including phenoxy) is 2. The molecular weight excluding hydrogens is 318 g/mol. The Morgan fingerprint density at radius 3 is 2.16 bits per heavy atom. The Hall–Kier alpha value is -1.10. The van der Waals surface area contributed by atoms with Gasteiger partial charge in [0.1, 0.15) is 12.7 Å². The van der Waals surface area contributed by atoms with Crippen molar-refractivity contribution in [2.45, 2.75) is 78.7 Å². The fraction of sp³-hybridized carbons (Fsp3) is 0.900. The molecule has 0 aliphatic heterocycles. The first-order valence-corrected chi connectivity index (χ1v) is 9.64. The molecule has 146 valence electrons. The van der Waals surface area contributed by atoms with E-state index in [1.54, 1.807) is 0 Å². The lowest BCUT2D eigenvalue weighted by atomic mass is 9.72. The molecule has 1 saturated carbocycles. The number of nitrogens with zero attached hydrogens (tertiary/aromatic N) is 1. The predicted octanol–water partition coefficient (Wildman–Crippen LogP) is 3.80. The van der Waals surface area contributed by atoms with E-state index in [9.17, 15) is 9.59 Å². The lowest BCUT2D eigenvalue weighted by molar-refractivity contribution is -0.168. The van der Waals surface area contributed by atoms with Crippen molar-refractivity contribution in [1.29, 1.82) is 0 Å². The Bertz CT molecular complexity index is 441. The molecule has 1 rings (SSSR count). The Balaban J connectivity index is 2.65. The van der Waals surface area contributed by atoms with Gasteiger partial charge in [0.15, 0.2) is 0 Å². The molecule has 0 aromatic rings. The van der Waals surface area contributed by atoms with Gasteiger partial charge in [-0.3, -0.25) is 9.59 Å². The van der Waals surface area contributed by atoms with E-state index in [4.69, 9.17) is 9.47 Å². The van der Waals surface area contributed by atoms with Crippen LogP contribution in [0.1, 0.15) is 72.6 Å². The van der Waals surface area contributed by atoms with Gasteiger partial charge in [-0.25, -0.2) is 0 Å².